The number of halogens is 1. The first-order valence-corrected chi connectivity index (χ1v) is 8.83. The van der Waals surface area contributed by atoms with Gasteiger partial charge in [-0.05, 0) is 68.4 Å². The lowest BCUT2D eigenvalue weighted by molar-refractivity contribution is 0.0927. The third-order valence-corrected chi connectivity index (χ3v) is 5.01. The van der Waals surface area contributed by atoms with Crippen molar-refractivity contribution in [3.63, 3.8) is 0 Å². The lowest BCUT2D eigenvalue weighted by Crippen LogP contribution is -2.31. The number of nitrogens with one attached hydrogen (secondary N) is 2. The molecule has 1 aromatic carbocycles. The van der Waals surface area contributed by atoms with Gasteiger partial charge in [0.2, 0.25) is 0 Å². The molecular weight excluding hydrogens is 350 g/mol. The van der Waals surface area contributed by atoms with Crippen molar-refractivity contribution in [3.8, 4) is 0 Å². The van der Waals surface area contributed by atoms with Crippen molar-refractivity contribution < 1.29 is 9.59 Å². The summed E-state index contributed by atoms with van der Waals surface area (Å²) in [6.07, 6.45) is 3.55. The van der Waals surface area contributed by atoms with Crippen LogP contribution in [0.4, 0.5) is 5.69 Å². The Kier molecular flexibility index (Phi) is 6.13. The Labute approximate surface area is 160 Å². The van der Waals surface area contributed by atoms with Crippen molar-refractivity contribution in [1.82, 2.24) is 10.3 Å². The average Bonchev–Trinajstić information content (AvgIpc) is 2.91. The molecule has 0 saturated carbocycles. The van der Waals surface area contributed by atoms with Crippen molar-refractivity contribution in [3.05, 3.63) is 51.8 Å². The number of nitrogen functional groups attached to an aromatic ring is 1. The first-order chi connectivity index (χ1) is 11.9. The first kappa shape index (κ1) is 20.0. The zero-order valence-corrected chi connectivity index (χ0v) is 16.3. The molecule has 3 rings (SSSR count). The molecule has 1 amide bonds. The lowest BCUT2D eigenvalue weighted by atomic mass is 9.87. The summed E-state index contributed by atoms with van der Waals surface area (Å²) in [5.74, 6) is -0.162. The average molecular weight is 376 g/mol. The monoisotopic (exact) mass is 375 g/mol. The molecule has 1 aliphatic carbocycles. The molecule has 5 nitrogen and oxygen atoms in total. The summed E-state index contributed by atoms with van der Waals surface area (Å²) in [5.41, 5.74) is 11.7. The summed E-state index contributed by atoms with van der Waals surface area (Å²) in [7, 11) is 0. The Morgan fingerprint density at radius 2 is 2.08 bits per heavy atom. The number of benzene rings is 1. The zero-order valence-electron chi connectivity index (χ0n) is 15.4. The second kappa shape index (κ2) is 7.96. The molecule has 6 heteroatoms. The molecule has 0 aliphatic heterocycles. The van der Waals surface area contributed by atoms with Gasteiger partial charge < -0.3 is 16.0 Å². The molecule has 140 valence electrons. The van der Waals surface area contributed by atoms with Gasteiger partial charge in [0.05, 0.1) is 6.04 Å². The van der Waals surface area contributed by atoms with Crippen LogP contribution < -0.4 is 11.1 Å². The van der Waals surface area contributed by atoms with Gasteiger partial charge >= 0.3 is 0 Å². The summed E-state index contributed by atoms with van der Waals surface area (Å²) < 4.78 is 0. The van der Waals surface area contributed by atoms with E-state index in [0.29, 0.717) is 17.7 Å². The number of carbonyl (C=O) groups excluding carboxylic acids is 2. The van der Waals surface area contributed by atoms with Crippen molar-refractivity contribution in [1.29, 1.82) is 0 Å². The number of aromatic nitrogens is 1. The highest BCUT2D eigenvalue weighted by Crippen LogP contribution is 2.31. The fraction of sp³-hybridized carbons (Fsp3) is 0.400. The summed E-state index contributed by atoms with van der Waals surface area (Å²) in [6, 6.07) is 5.87. The van der Waals surface area contributed by atoms with Gasteiger partial charge in [0, 0.05) is 16.9 Å². The fourth-order valence-corrected chi connectivity index (χ4v) is 3.92. The van der Waals surface area contributed by atoms with Crippen molar-refractivity contribution in [2.24, 2.45) is 0 Å². The number of nitrogens with two attached hydrogens (primary N) is 1. The largest absolute Gasteiger partial charge is 0.399 e. The third kappa shape index (κ3) is 3.63. The minimum atomic E-state index is -0.151. The summed E-state index contributed by atoms with van der Waals surface area (Å²) in [5, 5.41) is 3.14. The van der Waals surface area contributed by atoms with Crippen molar-refractivity contribution in [2.75, 3.05) is 5.73 Å². The molecule has 1 aliphatic rings. The van der Waals surface area contributed by atoms with E-state index >= 15 is 0 Å². The van der Waals surface area contributed by atoms with Crippen LogP contribution in [0.15, 0.2) is 18.2 Å². The Morgan fingerprint density at radius 1 is 1.35 bits per heavy atom. The van der Waals surface area contributed by atoms with Gasteiger partial charge in [0.1, 0.15) is 5.69 Å². The Balaban J connectivity index is 0.00000243. The van der Waals surface area contributed by atoms with Gasteiger partial charge in [0.15, 0.2) is 5.78 Å². The number of hydrogen-bond acceptors (Lipinski definition) is 3. The molecule has 0 spiro atoms. The highest BCUT2D eigenvalue weighted by atomic mass is 35.5. The number of fused-ring (bicyclic) bond motifs is 1. The van der Waals surface area contributed by atoms with Crippen LogP contribution >= 0.6 is 12.4 Å². The number of anilines is 1. The van der Waals surface area contributed by atoms with Gasteiger partial charge in [-0.3, -0.25) is 9.59 Å². The molecule has 26 heavy (non-hydrogen) atoms. The molecule has 1 atom stereocenters. The van der Waals surface area contributed by atoms with Crippen LogP contribution in [-0.4, -0.2) is 16.7 Å². The third-order valence-electron chi connectivity index (χ3n) is 5.01. The van der Waals surface area contributed by atoms with Gasteiger partial charge in [-0.2, -0.15) is 0 Å². The Hall–Kier alpha value is -2.27. The molecule has 0 radical (unpaired) electrons. The predicted molar refractivity (Wildman–Crippen MR) is 106 cm³/mol. The van der Waals surface area contributed by atoms with Gasteiger partial charge in [0.25, 0.3) is 5.91 Å². The number of rotatable bonds is 4. The number of hydrogen-bond donors (Lipinski definition) is 3. The highest BCUT2D eigenvalue weighted by Gasteiger charge is 2.26. The van der Waals surface area contributed by atoms with E-state index in [0.717, 1.165) is 41.8 Å². The molecular formula is C20H26ClN3O2. The van der Waals surface area contributed by atoms with E-state index in [1.165, 1.54) is 5.56 Å². The minimum absolute atomic E-state index is 0. The normalized spacial score (nSPS) is 15.7. The van der Waals surface area contributed by atoms with Crippen LogP contribution in [0.25, 0.3) is 0 Å². The number of H-pyrrole nitrogens is 1. The van der Waals surface area contributed by atoms with E-state index in [9.17, 15) is 9.59 Å². The zero-order chi connectivity index (χ0) is 18.1. The van der Waals surface area contributed by atoms with Crippen LogP contribution in [0.1, 0.15) is 76.0 Å². The van der Waals surface area contributed by atoms with Crippen molar-refractivity contribution in [2.45, 2.75) is 52.5 Å². The summed E-state index contributed by atoms with van der Waals surface area (Å²) in [4.78, 5) is 27.9. The van der Waals surface area contributed by atoms with E-state index in [4.69, 9.17) is 5.73 Å². The minimum Gasteiger partial charge on any atom is -0.399 e. The maximum Gasteiger partial charge on any atom is 0.268 e. The summed E-state index contributed by atoms with van der Waals surface area (Å²) >= 11 is 0. The van der Waals surface area contributed by atoms with E-state index in [1.54, 1.807) is 6.92 Å². The topological polar surface area (TPSA) is 88.0 Å². The van der Waals surface area contributed by atoms with E-state index in [1.807, 2.05) is 32.0 Å². The van der Waals surface area contributed by atoms with Gasteiger partial charge in [-0.15, -0.1) is 12.4 Å². The van der Waals surface area contributed by atoms with E-state index in [2.05, 4.69) is 10.3 Å². The molecule has 1 heterocycles. The number of aromatic amines is 1. The summed E-state index contributed by atoms with van der Waals surface area (Å²) in [6.45, 7) is 5.34. The number of aryl methyl sites for hydroxylation is 2. The molecule has 0 bridgehead atoms. The molecule has 4 N–H and O–H groups in total. The lowest BCUT2D eigenvalue weighted by Gasteiger charge is -2.26. The fourth-order valence-electron chi connectivity index (χ4n) is 3.92. The smallest absolute Gasteiger partial charge is 0.268 e. The van der Waals surface area contributed by atoms with Crippen LogP contribution in [0.3, 0.4) is 0 Å². The van der Waals surface area contributed by atoms with Crippen LogP contribution in [0, 0.1) is 6.92 Å². The molecule has 0 saturated heterocycles. The van der Waals surface area contributed by atoms with Crippen LogP contribution in [0.2, 0.25) is 0 Å². The number of ketones is 1. The second-order valence-corrected chi connectivity index (χ2v) is 6.76. The van der Waals surface area contributed by atoms with Crippen molar-refractivity contribution >= 4 is 29.8 Å². The molecule has 2 aromatic rings. The standard InChI is InChI=1S/C20H25N3O2.ClH/c1-4-15-18(12(3)24)11(2)22-19(15)20(25)23-17-7-5-6-13-10-14(21)8-9-16(13)17;/h8-10,17,22H,4-7,21H2,1-3H3,(H,23,25);1H. The van der Waals surface area contributed by atoms with E-state index in [-0.39, 0.29) is 30.1 Å². The van der Waals surface area contributed by atoms with E-state index < -0.39 is 0 Å². The highest BCUT2D eigenvalue weighted by molar-refractivity contribution is 6.02. The molecule has 1 unspecified atom stereocenters. The maximum atomic E-state index is 12.9. The quantitative estimate of drug-likeness (QED) is 0.559. The Bertz CT molecular complexity index is 842. The van der Waals surface area contributed by atoms with Gasteiger partial charge in [-0.25, -0.2) is 0 Å². The maximum absolute atomic E-state index is 12.9. The predicted octanol–water partition coefficient (Wildman–Crippen LogP) is 3.90. The van der Waals surface area contributed by atoms with Crippen LogP contribution in [-0.2, 0) is 12.8 Å². The first-order valence-electron chi connectivity index (χ1n) is 8.83. The SMILES string of the molecule is CCc1c(C(=O)NC2CCCc3cc(N)ccc32)[nH]c(C)c1C(C)=O.Cl. The number of Topliss-reactive ketones (excluding diaryl/α,β-unsaturated/α-hetero) is 1. The molecule has 0 fully saturated rings. The van der Waals surface area contributed by atoms with Gasteiger partial charge in [-0.1, -0.05) is 13.0 Å². The number of carbonyl (C=O) groups is 2. The number of amides is 1. The Morgan fingerprint density at radius 3 is 2.73 bits per heavy atom. The molecule has 1 aromatic heterocycles. The second-order valence-electron chi connectivity index (χ2n) is 6.76. The van der Waals surface area contributed by atoms with Crippen LogP contribution in [0.5, 0.6) is 0 Å².